The second kappa shape index (κ2) is 5.72. The lowest BCUT2D eigenvalue weighted by Crippen LogP contribution is -2.09. The highest BCUT2D eigenvalue weighted by Gasteiger charge is 2.14. The molecule has 0 aromatic heterocycles. The molecule has 2 aromatic rings. The molecule has 0 bridgehead atoms. The summed E-state index contributed by atoms with van der Waals surface area (Å²) in [6.45, 7) is 4.53. The van der Waals surface area contributed by atoms with Gasteiger partial charge in [0.2, 0.25) is 0 Å². The van der Waals surface area contributed by atoms with Crippen LogP contribution >= 0.6 is 0 Å². The van der Waals surface area contributed by atoms with Gasteiger partial charge in [0.1, 0.15) is 5.75 Å². The molecule has 0 aliphatic heterocycles. The number of rotatable bonds is 4. The molecule has 2 atom stereocenters. The average molecular weight is 240 g/mol. The topological polar surface area (TPSA) is 20.2 Å². The molecule has 0 aliphatic carbocycles. The lowest BCUT2D eigenvalue weighted by Gasteiger charge is -2.20. The van der Waals surface area contributed by atoms with Gasteiger partial charge in [0.15, 0.2) is 0 Å². The maximum Gasteiger partial charge on any atom is 0.115 e. The van der Waals surface area contributed by atoms with Crippen LogP contribution < -0.4 is 0 Å². The maximum absolute atomic E-state index is 9.48. The summed E-state index contributed by atoms with van der Waals surface area (Å²) in [5, 5.41) is 9.48. The molecule has 2 unspecified atom stereocenters. The van der Waals surface area contributed by atoms with E-state index in [9.17, 15) is 5.11 Å². The van der Waals surface area contributed by atoms with Gasteiger partial charge in [0, 0.05) is 0 Å². The smallest absolute Gasteiger partial charge is 0.115 e. The van der Waals surface area contributed by atoms with E-state index < -0.39 is 0 Å². The van der Waals surface area contributed by atoms with Crippen molar-refractivity contribution >= 4 is 0 Å². The third-order valence-electron chi connectivity index (χ3n) is 3.65. The van der Waals surface area contributed by atoms with Crippen LogP contribution in [0.25, 0.3) is 0 Å². The zero-order valence-electron chi connectivity index (χ0n) is 11.0. The molecule has 0 saturated heterocycles. The minimum Gasteiger partial charge on any atom is -0.508 e. The van der Waals surface area contributed by atoms with E-state index in [1.807, 2.05) is 12.1 Å². The lowest BCUT2D eigenvalue weighted by molar-refractivity contribution is 0.467. The molecule has 0 amide bonds. The SMILES string of the molecule is CC(Cc1cccc(O)c1)C(C)c1ccccc1. The summed E-state index contributed by atoms with van der Waals surface area (Å²) in [6, 6.07) is 18.2. The summed E-state index contributed by atoms with van der Waals surface area (Å²) in [5.74, 6) is 1.43. The first-order valence-corrected chi connectivity index (χ1v) is 6.49. The molecule has 94 valence electrons. The average Bonchev–Trinajstić information content (AvgIpc) is 2.39. The van der Waals surface area contributed by atoms with Gasteiger partial charge in [-0.25, -0.2) is 0 Å². The van der Waals surface area contributed by atoms with Crippen LogP contribution in [0.1, 0.15) is 30.9 Å². The van der Waals surface area contributed by atoms with Crippen molar-refractivity contribution < 1.29 is 5.11 Å². The molecule has 1 N–H and O–H groups in total. The molecule has 0 radical (unpaired) electrons. The molecule has 1 heteroatoms. The third kappa shape index (κ3) is 3.13. The van der Waals surface area contributed by atoms with Crippen LogP contribution in [0.5, 0.6) is 5.75 Å². The zero-order chi connectivity index (χ0) is 13.0. The second-order valence-electron chi connectivity index (χ2n) is 5.05. The largest absolute Gasteiger partial charge is 0.508 e. The Balaban J connectivity index is 2.06. The van der Waals surface area contributed by atoms with E-state index in [4.69, 9.17) is 0 Å². The van der Waals surface area contributed by atoms with Crippen molar-refractivity contribution in [2.75, 3.05) is 0 Å². The van der Waals surface area contributed by atoms with E-state index in [2.05, 4.69) is 50.2 Å². The molecule has 0 saturated carbocycles. The van der Waals surface area contributed by atoms with Gasteiger partial charge in [0.05, 0.1) is 0 Å². The minimum absolute atomic E-state index is 0.354. The second-order valence-corrected chi connectivity index (χ2v) is 5.05. The van der Waals surface area contributed by atoms with Crippen molar-refractivity contribution in [3.8, 4) is 5.75 Å². The van der Waals surface area contributed by atoms with Gasteiger partial charge in [0.25, 0.3) is 0 Å². The molecule has 2 aromatic carbocycles. The summed E-state index contributed by atoms with van der Waals surface area (Å²) in [7, 11) is 0. The van der Waals surface area contributed by atoms with Gasteiger partial charge in [-0.3, -0.25) is 0 Å². The van der Waals surface area contributed by atoms with Crippen LogP contribution in [-0.4, -0.2) is 5.11 Å². The Morgan fingerprint density at radius 3 is 2.33 bits per heavy atom. The van der Waals surface area contributed by atoms with Crippen LogP contribution in [-0.2, 0) is 6.42 Å². The normalized spacial score (nSPS) is 14.1. The van der Waals surface area contributed by atoms with E-state index in [-0.39, 0.29) is 0 Å². The lowest BCUT2D eigenvalue weighted by atomic mass is 9.85. The van der Waals surface area contributed by atoms with Crippen molar-refractivity contribution in [2.24, 2.45) is 5.92 Å². The van der Waals surface area contributed by atoms with Gasteiger partial charge >= 0.3 is 0 Å². The van der Waals surface area contributed by atoms with Gasteiger partial charge in [-0.05, 0) is 41.5 Å². The molecule has 0 aliphatic rings. The third-order valence-corrected chi connectivity index (χ3v) is 3.65. The molecule has 0 fully saturated rings. The quantitative estimate of drug-likeness (QED) is 0.841. The number of benzene rings is 2. The fourth-order valence-corrected chi connectivity index (χ4v) is 2.32. The Labute approximate surface area is 109 Å². The number of phenolic OH excluding ortho intramolecular Hbond substituents is 1. The van der Waals surface area contributed by atoms with Crippen LogP contribution in [0.4, 0.5) is 0 Å². The molecule has 1 nitrogen and oxygen atoms in total. The Morgan fingerprint density at radius 2 is 1.67 bits per heavy atom. The first-order valence-electron chi connectivity index (χ1n) is 6.49. The van der Waals surface area contributed by atoms with Gasteiger partial charge in [-0.1, -0.05) is 56.3 Å². The fourth-order valence-electron chi connectivity index (χ4n) is 2.32. The summed E-state index contributed by atoms with van der Waals surface area (Å²) in [6.07, 6.45) is 0.991. The van der Waals surface area contributed by atoms with E-state index >= 15 is 0 Å². The summed E-state index contributed by atoms with van der Waals surface area (Å²) >= 11 is 0. The van der Waals surface area contributed by atoms with Crippen molar-refractivity contribution in [3.63, 3.8) is 0 Å². The minimum atomic E-state index is 0.354. The predicted molar refractivity (Wildman–Crippen MR) is 75.8 cm³/mol. The fraction of sp³-hybridized carbons (Fsp3) is 0.294. The Hall–Kier alpha value is -1.76. The number of phenols is 1. The molecule has 18 heavy (non-hydrogen) atoms. The Bertz CT molecular complexity index is 490. The molecule has 2 rings (SSSR count). The van der Waals surface area contributed by atoms with E-state index in [0.29, 0.717) is 17.6 Å². The van der Waals surface area contributed by atoms with Gasteiger partial charge < -0.3 is 5.11 Å². The highest BCUT2D eigenvalue weighted by Crippen LogP contribution is 2.27. The van der Waals surface area contributed by atoms with Crippen molar-refractivity contribution in [1.82, 2.24) is 0 Å². The highest BCUT2D eigenvalue weighted by atomic mass is 16.3. The van der Waals surface area contributed by atoms with Crippen molar-refractivity contribution in [3.05, 3.63) is 65.7 Å². The van der Waals surface area contributed by atoms with Crippen LogP contribution in [0, 0.1) is 5.92 Å². The molecule has 0 heterocycles. The number of hydrogen-bond donors (Lipinski definition) is 1. The van der Waals surface area contributed by atoms with E-state index in [0.717, 1.165) is 6.42 Å². The monoisotopic (exact) mass is 240 g/mol. The van der Waals surface area contributed by atoms with Crippen molar-refractivity contribution in [2.45, 2.75) is 26.2 Å². The zero-order valence-corrected chi connectivity index (χ0v) is 11.0. The van der Waals surface area contributed by atoms with Crippen LogP contribution in [0.15, 0.2) is 54.6 Å². The summed E-state index contributed by atoms with van der Waals surface area (Å²) in [5.41, 5.74) is 2.58. The molecular formula is C17H20O. The van der Waals surface area contributed by atoms with Gasteiger partial charge in [-0.15, -0.1) is 0 Å². The number of aromatic hydroxyl groups is 1. The summed E-state index contributed by atoms with van der Waals surface area (Å²) < 4.78 is 0. The first-order chi connectivity index (χ1) is 8.66. The van der Waals surface area contributed by atoms with Crippen LogP contribution in [0.3, 0.4) is 0 Å². The predicted octanol–water partition coefficient (Wildman–Crippen LogP) is 4.37. The standard InChI is InChI=1S/C17H20O/c1-13(11-15-7-6-10-17(18)12-15)14(2)16-8-4-3-5-9-16/h3-10,12-14,18H,11H2,1-2H3. The Kier molecular flexibility index (Phi) is 4.03. The Morgan fingerprint density at radius 1 is 0.944 bits per heavy atom. The molecule has 0 spiro atoms. The van der Waals surface area contributed by atoms with Crippen LogP contribution in [0.2, 0.25) is 0 Å². The summed E-state index contributed by atoms with van der Waals surface area (Å²) in [4.78, 5) is 0. The van der Waals surface area contributed by atoms with Crippen molar-refractivity contribution in [1.29, 1.82) is 0 Å². The maximum atomic E-state index is 9.48. The van der Waals surface area contributed by atoms with Gasteiger partial charge in [-0.2, -0.15) is 0 Å². The van der Waals surface area contributed by atoms with E-state index in [1.165, 1.54) is 11.1 Å². The van der Waals surface area contributed by atoms with E-state index in [1.54, 1.807) is 6.07 Å². The first kappa shape index (κ1) is 12.7. The highest BCUT2D eigenvalue weighted by molar-refractivity contribution is 5.28. The number of hydrogen-bond acceptors (Lipinski definition) is 1. The molecular weight excluding hydrogens is 220 g/mol.